The van der Waals surface area contributed by atoms with Crippen molar-refractivity contribution in [2.75, 3.05) is 13.1 Å². The molecule has 3 aromatic rings. The van der Waals surface area contributed by atoms with Crippen molar-refractivity contribution in [2.24, 2.45) is 0 Å². The zero-order valence-electron chi connectivity index (χ0n) is 17.2. The lowest BCUT2D eigenvalue weighted by atomic mass is 9.97. The van der Waals surface area contributed by atoms with Crippen LogP contribution in [-0.2, 0) is 10.0 Å². The van der Waals surface area contributed by atoms with Crippen LogP contribution in [0.2, 0.25) is 5.02 Å². The Morgan fingerprint density at radius 3 is 2.30 bits per heavy atom. The molecule has 1 fully saturated rings. The topological polar surface area (TPSA) is 76.3 Å². The Balaban J connectivity index is 1.48. The van der Waals surface area contributed by atoms with Gasteiger partial charge in [-0.3, -0.25) is 0 Å². The summed E-state index contributed by atoms with van der Waals surface area (Å²) in [6.07, 6.45) is 1.31. The predicted molar refractivity (Wildman–Crippen MR) is 116 cm³/mol. The first-order valence-corrected chi connectivity index (χ1v) is 11.7. The SMILES string of the molecule is Cc1cc(C)c(S(=O)(=O)N2CCC(c3noc(-c4ccc(Cl)cc4)n3)CC2)cc1C. The molecule has 0 amide bonds. The summed E-state index contributed by atoms with van der Waals surface area (Å²) < 4.78 is 33.4. The van der Waals surface area contributed by atoms with Crippen LogP contribution in [0.15, 0.2) is 45.8 Å². The minimum Gasteiger partial charge on any atom is -0.334 e. The number of rotatable bonds is 4. The van der Waals surface area contributed by atoms with Gasteiger partial charge in [0, 0.05) is 29.6 Å². The molecule has 1 saturated heterocycles. The molecule has 4 rings (SSSR count). The number of halogens is 1. The third-order valence-corrected chi connectivity index (χ3v) is 8.05. The van der Waals surface area contributed by atoms with Crippen molar-refractivity contribution in [1.82, 2.24) is 14.4 Å². The summed E-state index contributed by atoms with van der Waals surface area (Å²) in [5.41, 5.74) is 3.67. The van der Waals surface area contributed by atoms with E-state index in [1.165, 1.54) is 0 Å². The van der Waals surface area contributed by atoms with E-state index in [0.717, 1.165) is 22.3 Å². The normalized spacial score (nSPS) is 16.1. The van der Waals surface area contributed by atoms with Crippen LogP contribution >= 0.6 is 11.6 Å². The van der Waals surface area contributed by atoms with E-state index in [9.17, 15) is 8.42 Å². The smallest absolute Gasteiger partial charge is 0.257 e. The fraction of sp³-hybridized carbons (Fsp3) is 0.364. The molecule has 1 aliphatic rings. The molecule has 0 bridgehead atoms. The lowest BCUT2D eigenvalue weighted by Crippen LogP contribution is -2.38. The fourth-order valence-electron chi connectivity index (χ4n) is 3.82. The molecule has 1 aromatic heterocycles. The summed E-state index contributed by atoms with van der Waals surface area (Å²) in [6.45, 7) is 6.65. The Morgan fingerprint density at radius 2 is 1.63 bits per heavy atom. The van der Waals surface area contributed by atoms with Crippen molar-refractivity contribution in [1.29, 1.82) is 0 Å². The maximum absolute atomic E-state index is 13.2. The highest BCUT2D eigenvalue weighted by molar-refractivity contribution is 7.89. The monoisotopic (exact) mass is 445 g/mol. The molecule has 6 nitrogen and oxygen atoms in total. The Labute approximate surface area is 181 Å². The minimum absolute atomic E-state index is 0.0714. The minimum atomic E-state index is -3.52. The Kier molecular flexibility index (Phi) is 5.70. The zero-order chi connectivity index (χ0) is 21.5. The standard InChI is InChI=1S/C22H24ClN3O3S/c1-14-12-16(3)20(13-15(14)2)30(27,28)26-10-8-17(9-11-26)21-24-22(29-25-21)18-4-6-19(23)7-5-18/h4-7,12-13,17H,8-11H2,1-3H3. The molecule has 158 valence electrons. The first kappa shape index (κ1) is 21.0. The van der Waals surface area contributed by atoms with Crippen LogP contribution in [0.3, 0.4) is 0 Å². The van der Waals surface area contributed by atoms with E-state index in [2.05, 4.69) is 10.1 Å². The average Bonchev–Trinajstić information content (AvgIpc) is 3.21. The predicted octanol–water partition coefficient (Wildman–Crippen LogP) is 4.88. The summed E-state index contributed by atoms with van der Waals surface area (Å²) in [4.78, 5) is 4.92. The third kappa shape index (κ3) is 4.02. The van der Waals surface area contributed by atoms with Gasteiger partial charge in [0.1, 0.15) is 0 Å². The lowest BCUT2D eigenvalue weighted by molar-refractivity contribution is 0.307. The average molecular weight is 446 g/mol. The van der Waals surface area contributed by atoms with Crippen molar-refractivity contribution in [2.45, 2.75) is 44.4 Å². The summed E-state index contributed by atoms with van der Waals surface area (Å²) in [5, 5.41) is 4.78. The van der Waals surface area contributed by atoms with Gasteiger partial charge in [0.15, 0.2) is 5.82 Å². The first-order valence-electron chi connectivity index (χ1n) is 9.93. The van der Waals surface area contributed by atoms with Crippen LogP contribution in [-0.4, -0.2) is 36.0 Å². The zero-order valence-corrected chi connectivity index (χ0v) is 18.8. The van der Waals surface area contributed by atoms with E-state index < -0.39 is 10.0 Å². The summed E-state index contributed by atoms with van der Waals surface area (Å²) in [6, 6.07) is 10.9. The molecular formula is C22H24ClN3O3S. The van der Waals surface area contributed by atoms with Crippen molar-refractivity contribution in [3.05, 3.63) is 63.9 Å². The van der Waals surface area contributed by atoms with Crippen molar-refractivity contribution in [3.63, 3.8) is 0 Å². The number of benzene rings is 2. The van der Waals surface area contributed by atoms with Gasteiger partial charge in [-0.2, -0.15) is 9.29 Å². The largest absolute Gasteiger partial charge is 0.334 e. The van der Waals surface area contributed by atoms with Gasteiger partial charge in [0.2, 0.25) is 10.0 Å². The Morgan fingerprint density at radius 1 is 1.00 bits per heavy atom. The maximum atomic E-state index is 13.2. The van der Waals surface area contributed by atoms with Crippen molar-refractivity contribution in [3.8, 4) is 11.5 Å². The van der Waals surface area contributed by atoms with Gasteiger partial charge in [-0.15, -0.1) is 0 Å². The quantitative estimate of drug-likeness (QED) is 0.571. The number of nitrogens with zero attached hydrogens (tertiary/aromatic N) is 3. The maximum Gasteiger partial charge on any atom is 0.257 e. The van der Waals surface area contributed by atoms with Crippen LogP contribution in [0, 0.1) is 20.8 Å². The summed E-state index contributed by atoms with van der Waals surface area (Å²) in [5.74, 6) is 1.14. The van der Waals surface area contributed by atoms with Crippen LogP contribution in [0.5, 0.6) is 0 Å². The molecule has 30 heavy (non-hydrogen) atoms. The van der Waals surface area contributed by atoms with Crippen LogP contribution in [0.25, 0.3) is 11.5 Å². The van der Waals surface area contributed by atoms with Gasteiger partial charge in [-0.05, 0) is 80.6 Å². The molecule has 0 atom stereocenters. The molecule has 0 saturated carbocycles. The lowest BCUT2D eigenvalue weighted by Gasteiger charge is -2.30. The molecule has 0 unspecified atom stereocenters. The number of aryl methyl sites for hydroxylation is 3. The Bertz CT molecular complexity index is 1160. The van der Waals surface area contributed by atoms with Crippen molar-refractivity contribution < 1.29 is 12.9 Å². The second-order valence-electron chi connectivity index (χ2n) is 7.84. The highest BCUT2D eigenvalue weighted by Gasteiger charge is 2.32. The number of piperidine rings is 1. The third-order valence-electron chi connectivity index (χ3n) is 5.76. The second kappa shape index (κ2) is 8.13. The van der Waals surface area contributed by atoms with E-state index in [1.54, 1.807) is 22.5 Å². The number of aromatic nitrogens is 2. The molecule has 0 radical (unpaired) electrons. The summed E-state index contributed by atoms with van der Waals surface area (Å²) >= 11 is 5.93. The van der Waals surface area contributed by atoms with Gasteiger partial charge in [-0.25, -0.2) is 8.42 Å². The van der Waals surface area contributed by atoms with Gasteiger partial charge >= 0.3 is 0 Å². The van der Waals surface area contributed by atoms with E-state index in [1.807, 2.05) is 39.0 Å². The highest BCUT2D eigenvalue weighted by Crippen LogP contribution is 2.32. The van der Waals surface area contributed by atoms with Gasteiger partial charge in [0.05, 0.1) is 4.90 Å². The first-order chi connectivity index (χ1) is 14.3. The molecule has 2 aromatic carbocycles. The molecule has 8 heteroatoms. The Hall–Kier alpha value is -2.22. The van der Waals surface area contributed by atoms with E-state index >= 15 is 0 Å². The van der Waals surface area contributed by atoms with Crippen LogP contribution in [0.4, 0.5) is 0 Å². The number of hydrogen-bond donors (Lipinski definition) is 0. The van der Waals surface area contributed by atoms with Gasteiger partial charge < -0.3 is 4.52 Å². The molecule has 0 aliphatic carbocycles. The number of hydrogen-bond acceptors (Lipinski definition) is 5. The van der Waals surface area contributed by atoms with E-state index in [0.29, 0.717) is 47.6 Å². The second-order valence-corrected chi connectivity index (χ2v) is 10.2. The van der Waals surface area contributed by atoms with Gasteiger partial charge in [0.25, 0.3) is 5.89 Å². The van der Waals surface area contributed by atoms with Crippen LogP contribution < -0.4 is 0 Å². The molecule has 0 N–H and O–H groups in total. The number of sulfonamides is 1. The van der Waals surface area contributed by atoms with Crippen molar-refractivity contribution >= 4 is 21.6 Å². The van der Waals surface area contributed by atoms with Crippen LogP contribution in [0.1, 0.15) is 41.3 Å². The fourth-order valence-corrected chi connectivity index (χ4v) is 5.70. The molecule has 0 spiro atoms. The molecule has 1 aliphatic heterocycles. The molecular weight excluding hydrogens is 422 g/mol. The summed E-state index contributed by atoms with van der Waals surface area (Å²) in [7, 11) is -3.52. The van der Waals surface area contributed by atoms with E-state index in [4.69, 9.17) is 16.1 Å². The highest BCUT2D eigenvalue weighted by atomic mass is 35.5. The van der Waals surface area contributed by atoms with E-state index in [-0.39, 0.29) is 5.92 Å². The molecule has 2 heterocycles. The van der Waals surface area contributed by atoms with Gasteiger partial charge in [-0.1, -0.05) is 22.8 Å².